The van der Waals surface area contributed by atoms with Gasteiger partial charge in [0.25, 0.3) is 0 Å². The highest BCUT2D eigenvalue weighted by atomic mass is 16.5. The van der Waals surface area contributed by atoms with E-state index in [0.717, 1.165) is 5.56 Å². The van der Waals surface area contributed by atoms with Gasteiger partial charge in [0.05, 0.1) is 0 Å². The highest BCUT2D eigenvalue weighted by Crippen LogP contribution is 2.17. The monoisotopic (exact) mass is 285 g/mol. The number of urea groups is 1. The average molecular weight is 285 g/mol. The Morgan fingerprint density at radius 1 is 1.24 bits per heavy atom. The largest absolute Gasteiger partial charge is 0.427 e. The Kier molecular flexibility index (Phi) is 4.87. The summed E-state index contributed by atoms with van der Waals surface area (Å²) in [7, 11) is 0. The first kappa shape index (κ1) is 14.5. The fourth-order valence-electron chi connectivity index (χ4n) is 1.66. The van der Waals surface area contributed by atoms with Crippen LogP contribution in [0.3, 0.4) is 0 Å². The number of carbonyl (C=O) groups excluding carboxylic acids is 2. The lowest BCUT2D eigenvalue weighted by molar-refractivity contribution is -0.131. The lowest BCUT2D eigenvalue weighted by atomic mass is 10.3. The molecule has 0 atom stereocenters. The number of esters is 1. The minimum absolute atomic E-state index is 0.348. The fourth-order valence-corrected chi connectivity index (χ4v) is 1.66. The van der Waals surface area contributed by atoms with Gasteiger partial charge in [-0.1, -0.05) is 12.1 Å². The molecule has 0 saturated carbocycles. The van der Waals surface area contributed by atoms with Gasteiger partial charge in [-0.15, -0.1) is 0 Å². The van der Waals surface area contributed by atoms with E-state index in [9.17, 15) is 9.59 Å². The Balaban J connectivity index is 1.89. The molecule has 0 saturated heterocycles. The van der Waals surface area contributed by atoms with Crippen molar-refractivity contribution < 1.29 is 14.3 Å². The van der Waals surface area contributed by atoms with Crippen LogP contribution in [0.5, 0.6) is 5.75 Å². The number of carbonyl (C=O) groups is 2. The van der Waals surface area contributed by atoms with E-state index in [1.54, 1.807) is 42.7 Å². The predicted molar refractivity (Wildman–Crippen MR) is 77.8 cm³/mol. The van der Waals surface area contributed by atoms with Crippen molar-refractivity contribution >= 4 is 17.7 Å². The number of ether oxygens (including phenoxy) is 1. The molecule has 0 aliphatic rings. The van der Waals surface area contributed by atoms with Crippen molar-refractivity contribution in [2.24, 2.45) is 0 Å². The molecule has 2 rings (SSSR count). The van der Waals surface area contributed by atoms with Gasteiger partial charge in [-0.2, -0.15) is 0 Å². The van der Waals surface area contributed by atoms with Crippen molar-refractivity contribution in [2.75, 3.05) is 5.32 Å². The van der Waals surface area contributed by atoms with Crippen molar-refractivity contribution in [1.82, 2.24) is 10.3 Å². The minimum Gasteiger partial charge on any atom is -0.427 e. The van der Waals surface area contributed by atoms with Gasteiger partial charge in [-0.05, 0) is 23.8 Å². The second-order valence-corrected chi connectivity index (χ2v) is 4.29. The summed E-state index contributed by atoms with van der Waals surface area (Å²) in [5.74, 6) is -0.0271. The predicted octanol–water partition coefficient (Wildman–Crippen LogP) is 2.33. The van der Waals surface area contributed by atoms with Crippen LogP contribution in [0.1, 0.15) is 12.5 Å². The summed E-state index contributed by atoms with van der Waals surface area (Å²) in [5.41, 5.74) is 1.44. The summed E-state index contributed by atoms with van der Waals surface area (Å²) in [4.78, 5) is 26.6. The first-order valence-corrected chi connectivity index (χ1v) is 6.36. The van der Waals surface area contributed by atoms with Gasteiger partial charge in [0.15, 0.2) is 0 Å². The third-order valence-electron chi connectivity index (χ3n) is 2.53. The van der Waals surface area contributed by atoms with E-state index >= 15 is 0 Å². The van der Waals surface area contributed by atoms with Crippen LogP contribution < -0.4 is 15.4 Å². The molecule has 0 aliphatic carbocycles. The molecular formula is C15H15N3O3. The zero-order valence-electron chi connectivity index (χ0n) is 11.5. The minimum atomic E-state index is -0.409. The van der Waals surface area contributed by atoms with Crippen LogP contribution >= 0.6 is 0 Å². The van der Waals surface area contributed by atoms with Crippen molar-refractivity contribution in [3.8, 4) is 5.75 Å². The molecule has 0 spiro atoms. The SMILES string of the molecule is CC(=O)Oc1cccc(NC(=O)NCc2cccnc2)c1. The Hall–Kier alpha value is -2.89. The van der Waals surface area contributed by atoms with Crippen LogP contribution in [0.25, 0.3) is 0 Å². The van der Waals surface area contributed by atoms with Crippen molar-refractivity contribution in [3.05, 3.63) is 54.4 Å². The third-order valence-corrected chi connectivity index (χ3v) is 2.53. The van der Waals surface area contributed by atoms with E-state index in [1.165, 1.54) is 6.92 Å². The lowest BCUT2D eigenvalue weighted by Gasteiger charge is -2.08. The van der Waals surface area contributed by atoms with Crippen molar-refractivity contribution in [3.63, 3.8) is 0 Å². The number of benzene rings is 1. The van der Waals surface area contributed by atoms with Crippen molar-refractivity contribution in [2.45, 2.75) is 13.5 Å². The van der Waals surface area contributed by atoms with Crippen LogP contribution in [0.4, 0.5) is 10.5 Å². The van der Waals surface area contributed by atoms with Gasteiger partial charge >= 0.3 is 12.0 Å². The van der Waals surface area contributed by atoms with Gasteiger partial charge in [0, 0.05) is 37.6 Å². The highest BCUT2D eigenvalue weighted by Gasteiger charge is 2.04. The van der Waals surface area contributed by atoms with Crippen LogP contribution in [0.2, 0.25) is 0 Å². The molecule has 1 aromatic carbocycles. The summed E-state index contributed by atoms with van der Waals surface area (Å²) in [5, 5.41) is 5.37. The Morgan fingerprint density at radius 3 is 2.81 bits per heavy atom. The molecule has 0 unspecified atom stereocenters. The molecule has 2 N–H and O–H groups in total. The highest BCUT2D eigenvalue weighted by molar-refractivity contribution is 5.89. The van der Waals surface area contributed by atoms with Crippen LogP contribution in [0.15, 0.2) is 48.8 Å². The fraction of sp³-hybridized carbons (Fsp3) is 0.133. The number of nitrogens with zero attached hydrogens (tertiary/aromatic N) is 1. The molecule has 1 heterocycles. The topological polar surface area (TPSA) is 80.3 Å². The number of nitrogens with one attached hydrogen (secondary N) is 2. The molecular weight excluding hydrogens is 270 g/mol. The molecule has 21 heavy (non-hydrogen) atoms. The van der Waals surface area contributed by atoms with Gasteiger partial charge in [0.1, 0.15) is 5.75 Å². The third kappa shape index (κ3) is 4.94. The maximum Gasteiger partial charge on any atom is 0.319 e. The molecule has 0 bridgehead atoms. The standard InChI is InChI=1S/C15H15N3O3/c1-11(19)21-14-6-2-5-13(8-14)18-15(20)17-10-12-4-3-7-16-9-12/h2-9H,10H2,1H3,(H2,17,18,20). The maximum absolute atomic E-state index is 11.8. The molecule has 6 heteroatoms. The number of rotatable bonds is 4. The van der Waals surface area contributed by atoms with E-state index in [0.29, 0.717) is 18.0 Å². The first-order valence-electron chi connectivity index (χ1n) is 6.36. The van der Waals surface area contributed by atoms with Crippen LogP contribution in [-0.2, 0) is 11.3 Å². The number of amides is 2. The van der Waals surface area contributed by atoms with Crippen LogP contribution in [-0.4, -0.2) is 17.0 Å². The number of hydrogen-bond donors (Lipinski definition) is 2. The van der Waals surface area contributed by atoms with Gasteiger partial charge in [0.2, 0.25) is 0 Å². The Bertz CT molecular complexity index is 629. The summed E-state index contributed by atoms with van der Waals surface area (Å²) < 4.78 is 4.95. The quantitative estimate of drug-likeness (QED) is 0.667. The van der Waals surface area contributed by atoms with E-state index in [2.05, 4.69) is 15.6 Å². The first-order chi connectivity index (χ1) is 10.1. The number of aromatic nitrogens is 1. The maximum atomic E-state index is 11.8. The summed E-state index contributed by atoms with van der Waals surface area (Å²) >= 11 is 0. The van der Waals surface area contributed by atoms with Gasteiger partial charge < -0.3 is 15.4 Å². The summed E-state index contributed by atoms with van der Waals surface area (Å²) in [6, 6.07) is 9.93. The molecule has 108 valence electrons. The molecule has 0 fully saturated rings. The molecule has 2 amide bonds. The number of anilines is 1. The van der Waals surface area contributed by atoms with Gasteiger partial charge in [-0.25, -0.2) is 4.79 Å². The average Bonchev–Trinajstić information content (AvgIpc) is 2.46. The van der Waals surface area contributed by atoms with E-state index < -0.39 is 5.97 Å². The molecule has 6 nitrogen and oxygen atoms in total. The zero-order valence-corrected chi connectivity index (χ0v) is 11.5. The molecule has 2 aromatic rings. The van der Waals surface area contributed by atoms with E-state index in [4.69, 9.17) is 4.74 Å². The van der Waals surface area contributed by atoms with Gasteiger partial charge in [-0.3, -0.25) is 9.78 Å². The smallest absolute Gasteiger partial charge is 0.319 e. The Morgan fingerprint density at radius 2 is 2.10 bits per heavy atom. The lowest BCUT2D eigenvalue weighted by Crippen LogP contribution is -2.28. The normalized spacial score (nSPS) is 9.76. The molecule has 1 aromatic heterocycles. The number of pyridine rings is 1. The van der Waals surface area contributed by atoms with Crippen LogP contribution in [0, 0.1) is 0 Å². The summed E-state index contributed by atoms with van der Waals surface area (Å²) in [6.07, 6.45) is 3.35. The second-order valence-electron chi connectivity index (χ2n) is 4.29. The molecule has 0 aliphatic heterocycles. The van der Waals surface area contributed by atoms with E-state index in [1.807, 2.05) is 6.07 Å². The van der Waals surface area contributed by atoms with Crippen molar-refractivity contribution in [1.29, 1.82) is 0 Å². The summed E-state index contributed by atoms with van der Waals surface area (Å²) in [6.45, 7) is 1.70. The van der Waals surface area contributed by atoms with E-state index in [-0.39, 0.29) is 6.03 Å². The molecule has 0 radical (unpaired) electrons. The second kappa shape index (κ2) is 7.04. The number of hydrogen-bond acceptors (Lipinski definition) is 4. The Labute approximate surface area is 122 Å². The zero-order chi connectivity index (χ0) is 15.1.